The SMILES string of the molecule is CC(C)(C)C(Oc1ccc(N2CCN(c3ccc(C(N)=NO)cc3)CC2)cc1)C(=O)O. The van der Waals surface area contributed by atoms with Crippen molar-refractivity contribution in [3.63, 3.8) is 0 Å². The van der Waals surface area contributed by atoms with Gasteiger partial charge >= 0.3 is 5.97 Å². The fourth-order valence-corrected chi connectivity index (χ4v) is 3.59. The Hall–Kier alpha value is -3.42. The normalized spacial score (nSPS) is 16.2. The van der Waals surface area contributed by atoms with Gasteiger partial charge in [0.1, 0.15) is 5.75 Å². The van der Waals surface area contributed by atoms with Gasteiger partial charge in [0.15, 0.2) is 11.9 Å². The van der Waals surface area contributed by atoms with E-state index in [9.17, 15) is 9.90 Å². The average molecular weight is 427 g/mol. The van der Waals surface area contributed by atoms with Crippen molar-refractivity contribution in [2.24, 2.45) is 16.3 Å². The number of nitrogens with two attached hydrogens (primary N) is 1. The fraction of sp³-hybridized carbons (Fsp3) is 0.391. The molecule has 0 saturated carbocycles. The number of hydrogen-bond acceptors (Lipinski definition) is 6. The van der Waals surface area contributed by atoms with Crippen molar-refractivity contribution in [3.05, 3.63) is 54.1 Å². The molecule has 31 heavy (non-hydrogen) atoms. The number of nitrogens with zero attached hydrogens (tertiary/aromatic N) is 3. The summed E-state index contributed by atoms with van der Waals surface area (Å²) in [6, 6.07) is 15.2. The highest BCUT2D eigenvalue weighted by atomic mass is 16.5. The number of carbonyl (C=O) groups is 1. The Morgan fingerprint density at radius 2 is 1.42 bits per heavy atom. The summed E-state index contributed by atoms with van der Waals surface area (Å²) in [5.74, 6) is -0.316. The van der Waals surface area contributed by atoms with Crippen molar-refractivity contribution < 1.29 is 19.8 Å². The molecule has 4 N–H and O–H groups in total. The van der Waals surface area contributed by atoms with Crippen LogP contribution in [0.15, 0.2) is 53.7 Å². The van der Waals surface area contributed by atoms with Gasteiger partial charge in [-0.1, -0.05) is 25.9 Å². The topological polar surface area (TPSA) is 112 Å². The smallest absolute Gasteiger partial charge is 0.345 e. The maximum atomic E-state index is 11.5. The second-order valence-electron chi connectivity index (χ2n) is 8.70. The van der Waals surface area contributed by atoms with Crippen LogP contribution in [-0.4, -0.2) is 54.4 Å². The molecule has 0 aromatic heterocycles. The molecule has 8 nitrogen and oxygen atoms in total. The van der Waals surface area contributed by atoms with Gasteiger partial charge in [-0.3, -0.25) is 0 Å². The van der Waals surface area contributed by atoms with Crippen molar-refractivity contribution in [3.8, 4) is 5.75 Å². The van der Waals surface area contributed by atoms with Crippen LogP contribution >= 0.6 is 0 Å². The van der Waals surface area contributed by atoms with E-state index in [4.69, 9.17) is 15.7 Å². The molecule has 1 aliphatic heterocycles. The minimum absolute atomic E-state index is 0.0981. The highest BCUT2D eigenvalue weighted by Crippen LogP contribution is 2.27. The number of amidine groups is 1. The van der Waals surface area contributed by atoms with E-state index in [1.54, 1.807) is 0 Å². The van der Waals surface area contributed by atoms with Gasteiger partial charge in [-0.2, -0.15) is 0 Å². The lowest BCUT2D eigenvalue weighted by Crippen LogP contribution is -2.46. The highest BCUT2D eigenvalue weighted by molar-refractivity contribution is 5.97. The second-order valence-corrected chi connectivity index (χ2v) is 8.70. The van der Waals surface area contributed by atoms with Gasteiger partial charge in [0.2, 0.25) is 0 Å². The Morgan fingerprint density at radius 1 is 0.968 bits per heavy atom. The van der Waals surface area contributed by atoms with Crippen LogP contribution in [0, 0.1) is 5.41 Å². The van der Waals surface area contributed by atoms with Crippen molar-refractivity contribution in [1.82, 2.24) is 0 Å². The third-order valence-corrected chi connectivity index (χ3v) is 5.38. The molecule has 166 valence electrons. The summed E-state index contributed by atoms with van der Waals surface area (Å²) < 4.78 is 5.73. The van der Waals surface area contributed by atoms with Gasteiger partial charge in [0, 0.05) is 48.5 Å². The van der Waals surface area contributed by atoms with Gasteiger partial charge in [0.05, 0.1) is 0 Å². The summed E-state index contributed by atoms with van der Waals surface area (Å²) in [4.78, 5) is 16.1. The fourth-order valence-electron chi connectivity index (χ4n) is 3.59. The van der Waals surface area contributed by atoms with E-state index >= 15 is 0 Å². The number of carboxylic acids is 1. The maximum Gasteiger partial charge on any atom is 0.345 e. The summed E-state index contributed by atoms with van der Waals surface area (Å²) in [5, 5.41) is 21.2. The van der Waals surface area contributed by atoms with Crippen molar-refractivity contribution in [2.75, 3.05) is 36.0 Å². The molecule has 0 amide bonds. The van der Waals surface area contributed by atoms with Crippen LogP contribution in [0.3, 0.4) is 0 Å². The zero-order chi connectivity index (χ0) is 22.6. The first-order valence-corrected chi connectivity index (χ1v) is 10.3. The van der Waals surface area contributed by atoms with Crippen LogP contribution < -0.4 is 20.3 Å². The van der Waals surface area contributed by atoms with E-state index in [1.165, 1.54) is 0 Å². The van der Waals surface area contributed by atoms with Crippen LogP contribution in [0.25, 0.3) is 0 Å². The number of benzene rings is 2. The van der Waals surface area contributed by atoms with Crippen LogP contribution in [0.1, 0.15) is 26.3 Å². The lowest BCUT2D eigenvalue weighted by Gasteiger charge is -2.37. The summed E-state index contributed by atoms with van der Waals surface area (Å²) in [6.45, 7) is 9.01. The molecule has 1 aliphatic rings. The lowest BCUT2D eigenvalue weighted by atomic mass is 9.89. The molecular formula is C23H30N4O4. The minimum atomic E-state index is -0.966. The Bertz CT molecular complexity index is 912. The van der Waals surface area contributed by atoms with E-state index in [0.29, 0.717) is 11.3 Å². The molecule has 1 atom stereocenters. The third-order valence-electron chi connectivity index (χ3n) is 5.38. The van der Waals surface area contributed by atoms with Gasteiger partial charge in [-0.25, -0.2) is 4.79 Å². The highest BCUT2D eigenvalue weighted by Gasteiger charge is 2.33. The molecule has 0 spiro atoms. The second kappa shape index (κ2) is 9.16. The molecule has 1 unspecified atom stereocenters. The minimum Gasteiger partial charge on any atom is -0.478 e. The molecule has 0 radical (unpaired) electrons. The number of anilines is 2. The van der Waals surface area contributed by atoms with Crippen LogP contribution in [-0.2, 0) is 4.79 Å². The molecular weight excluding hydrogens is 396 g/mol. The molecule has 2 aromatic rings. The number of piperazine rings is 1. The Kier molecular flexibility index (Phi) is 6.58. The van der Waals surface area contributed by atoms with Gasteiger partial charge in [-0.05, 0) is 48.5 Å². The first-order valence-electron chi connectivity index (χ1n) is 10.3. The van der Waals surface area contributed by atoms with E-state index in [2.05, 4.69) is 15.0 Å². The summed E-state index contributed by atoms with van der Waals surface area (Å²) in [6.07, 6.45) is -0.910. The molecule has 1 heterocycles. The number of ether oxygens (including phenoxy) is 1. The first kappa shape index (κ1) is 22.3. The summed E-state index contributed by atoms with van der Waals surface area (Å²) in [5.41, 5.74) is 7.98. The van der Waals surface area contributed by atoms with E-state index in [1.807, 2.05) is 69.3 Å². The largest absolute Gasteiger partial charge is 0.478 e. The van der Waals surface area contributed by atoms with E-state index in [-0.39, 0.29) is 5.84 Å². The van der Waals surface area contributed by atoms with Crippen LogP contribution in [0.2, 0.25) is 0 Å². The summed E-state index contributed by atoms with van der Waals surface area (Å²) >= 11 is 0. The predicted octanol–water partition coefficient (Wildman–Crippen LogP) is 2.99. The number of aliphatic carboxylic acids is 1. The lowest BCUT2D eigenvalue weighted by molar-refractivity contribution is -0.150. The first-order chi connectivity index (χ1) is 14.7. The molecule has 0 bridgehead atoms. The van der Waals surface area contributed by atoms with E-state index in [0.717, 1.165) is 37.6 Å². The Balaban J connectivity index is 1.59. The van der Waals surface area contributed by atoms with Crippen molar-refractivity contribution >= 4 is 23.2 Å². The maximum absolute atomic E-state index is 11.5. The van der Waals surface area contributed by atoms with Crippen LogP contribution in [0.4, 0.5) is 11.4 Å². The number of carboxylic acid groups (broad SMARTS) is 1. The van der Waals surface area contributed by atoms with Gasteiger partial charge in [-0.15, -0.1) is 0 Å². The van der Waals surface area contributed by atoms with Gasteiger partial charge < -0.3 is 30.6 Å². The third kappa shape index (κ3) is 5.39. The molecule has 1 saturated heterocycles. The van der Waals surface area contributed by atoms with Crippen LogP contribution in [0.5, 0.6) is 5.75 Å². The molecule has 0 aliphatic carbocycles. The Morgan fingerprint density at radius 3 is 1.81 bits per heavy atom. The zero-order valence-electron chi connectivity index (χ0n) is 18.2. The monoisotopic (exact) mass is 426 g/mol. The van der Waals surface area contributed by atoms with Crippen molar-refractivity contribution in [2.45, 2.75) is 26.9 Å². The number of oxime groups is 1. The summed E-state index contributed by atoms with van der Waals surface area (Å²) in [7, 11) is 0. The predicted molar refractivity (Wildman–Crippen MR) is 121 cm³/mol. The molecule has 2 aromatic carbocycles. The quantitative estimate of drug-likeness (QED) is 0.282. The molecule has 8 heteroatoms. The number of rotatable bonds is 6. The molecule has 1 fully saturated rings. The van der Waals surface area contributed by atoms with Crippen molar-refractivity contribution in [1.29, 1.82) is 0 Å². The van der Waals surface area contributed by atoms with E-state index < -0.39 is 17.5 Å². The average Bonchev–Trinajstić information content (AvgIpc) is 2.76. The Labute approximate surface area is 182 Å². The van der Waals surface area contributed by atoms with Gasteiger partial charge in [0.25, 0.3) is 0 Å². The number of hydrogen-bond donors (Lipinski definition) is 3. The molecule has 3 rings (SSSR count). The standard InChI is InChI=1S/C23H30N4O4/c1-23(2,3)20(22(28)29)31-19-10-8-18(9-11-19)27-14-12-26(13-15-27)17-6-4-16(5-7-17)21(24)25-30/h4-11,20,30H,12-15H2,1-3H3,(H2,24,25)(H,28,29). The zero-order valence-corrected chi connectivity index (χ0v) is 18.2.